The molecule has 0 saturated heterocycles. The van der Waals surface area contributed by atoms with Gasteiger partial charge in [0.2, 0.25) is 0 Å². The van der Waals surface area contributed by atoms with Crippen LogP contribution in [0.2, 0.25) is 0 Å². The summed E-state index contributed by atoms with van der Waals surface area (Å²) in [7, 11) is 2.28. The van der Waals surface area contributed by atoms with Gasteiger partial charge in [0.15, 0.2) is 0 Å². The average molecular weight is 271 g/mol. The Morgan fingerprint density at radius 3 is 2.55 bits per heavy atom. The summed E-state index contributed by atoms with van der Waals surface area (Å²) in [6.07, 6.45) is 6.89. The second kappa shape index (κ2) is 5.18. The molecule has 1 heteroatoms. The minimum Gasteiger partial charge on any atom is -0.301 e. The summed E-state index contributed by atoms with van der Waals surface area (Å²) in [5, 5.41) is 0. The maximum absolute atomic E-state index is 2.53. The fourth-order valence-corrected chi connectivity index (χ4v) is 4.02. The molecule has 0 amide bonds. The Kier molecular flexibility index (Phi) is 3.66. The van der Waals surface area contributed by atoms with Crippen LogP contribution in [0.3, 0.4) is 0 Å². The fraction of sp³-hybridized carbons (Fsp3) is 0.684. The Labute approximate surface area is 124 Å². The molecule has 1 atom stereocenters. The van der Waals surface area contributed by atoms with Crippen molar-refractivity contribution in [3.63, 3.8) is 0 Å². The smallest absolute Gasteiger partial charge is 0.0233 e. The number of hydrogen-bond donors (Lipinski definition) is 0. The van der Waals surface area contributed by atoms with Crippen LogP contribution in [0.1, 0.15) is 74.6 Å². The highest BCUT2D eigenvalue weighted by Crippen LogP contribution is 2.39. The number of nitrogens with zero attached hydrogens (tertiary/aromatic N) is 1. The molecule has 20 heavy (non-hydrogen) atoms. The molecule has 0 aromatic heterocycles. The van der Waals surface area contributed by atoms with Crippen molar-refractivity contribution in [3.8, 4) is 0 Å². The lowest BCUT2D eigenvalue weighted by atomic mass is 9.76. The van der Waals surface area contributed by atoms with Gasteiger partial charge in [0.05, 0.1) is 0 Å². The average Bonchev–Trinajstić information content (AvgIpc) is 2.32. The van der Waals surface area contributed by atoms with Gasteiger partial charge in [-0.25, -0.2) is 0 Å². The highest BCUT2D eigenvalue weighted by molar-refractivity contribution is 5.45. The summed E-state index contributed by atoms with van der Waals surface area (Å²) in [5.74, 6) is 0.785. The minimum absolute atomic E-state index is 0.263. The molecular formula is C19H29N. The van der Waals surface area contributed by atoms with Crippen LogP contribution in [0.5, 0.6) is 0 Å². The molecule has 2 aliphatic rings. The van der Waals surface area contributed by atoms with Crippen LogP contribution >= 0.6 is 0 Å². The van der Waals surface area contributed by atoms with Crippen LogP contribution in [0.25, 0.3) is 0 Å². The number of benzene rings is 1. The van der Waals surface area contributed by atoms with Crippen molar-refractivity contribution >= 4 is 0 Å². The highest BCUT2D eigenvalue weighted by Gasteiger charge is 2.28. The molecule has 0 radical (unpaired) electrons. The molecule has 0 fully saturated rings. The molecule has 0 saturated carbocycles. The molecular weight excluding hydrogens is 242 g/mol. The second-order valence-electron chi connectivity index (χ2n) is 7.95. The van der Waals surface area contributed by atoms with Gasteiger partial charge in [-0.05, 0) is 59.9 Å². The predicted octanol–water partition coefficient (Wildman–Crippen LogP) is 4.63. The van der Waals surface area contributed by atoms with Gasteiger partial charge in [-0.3, -0.25) is 0 Å². The van der Waals surface area contributed by atoms with E-state index in [1.165, 1.54) is 44.2 Å². The quantitative estimate of drug-likeness (QED) is 0.665. The van der Waals surface area contributed by atoms with E-state index in [4.69, 9.17) is 0 Å². The fourth-order valence-electron chi connectivity index (χ4n) is 4.02. The van der Waals surface area contributed by atoms with E-state index >= 15 is 0 Å². The highest BCUT2D eigenvalue weighted by atomic mass is 15.1. The van der Waals surface area contributed by atoms with E-state index in [1.54, 1.807) is 16.7 Å². The van der Waals surface area contributed by atoms with E-state index in [1.807, 2.05) is 0 Å². The van der Waals surface area contributed by atoms with Crippen LogP contribution in [0, 0.1) is 0 Å². The Morgan fingerprint density at radius 1 is 1.05 bits per heavy atom. The van der Waals surface area contributed by atoms with Gasteiger partial charge in [-0.1, -0.05) is 45.7 Å². The Morgan fingerprint density at radius 2 is 1.80 bits per heavy atom. The molecule has 1 aromatic carbocycles. The maximum Gasteiger partial charge on any atom is 0.0233 e. The van der Waals surface area contributed by atoms with Gasteiger partial charge >= 0.3 is 0 Å². The molecule has 1 nitrogen and oxygen atoms in total. The van der Waals surface area contributed by atoms with Crippen LogP contribution in [0.4, 0.5) is 0 Å². The zero-order valence-corrected chi connectivity index (χ0v) is 13.6. The van der Waals surface area contributed by atoms with E-state index in [-0.39, 0.29) is 5.41 Å². The molecule has 0 bridgehead atoms. The monoisotopic (exact) mass is 271 g/mol. The van der Waals surface area contributed by atoms with E-state index in [2.05, 4.69) is 44.9 Å². The normalized spacial score (nSPS) is 23.9. The third-order valence-corrected chi connectivity index (χ3v) is 5.10. The van der Waals surface area contributed by atoms with Crippen molar-refractivity contribution < 1.29 is 0 Å². The van der Waals surface area contributed by atoms with Gasteiger partial charge < -0.3 is 4.90 Å². The zero-order valence-electron chi connectivity index (χ0n) is 13.6. The van der Waals surface area contributed by atoms with Crippen LogP contribution in [-0.2, 0) is 18.4 Å². The third kappa shape index (κ3) is 2.65. The molecule has 3 rings (SSSR count). The SMILES string of the molecule is CN1Cc2cc(C(C)(C)C)cc3c2[C@@H](CCCCC3)C1. The van der Waals surface area contributed by atoms with Crippen molar-refractivity contribution in [1.82, 2.24) is 4.90 Å². The number of rotatable bonds is 0. The minimum atomic E-state index is 0.263. The topological polar surface area (TPSA) is 3.24 Å². The molecule has 1 aliphatic heterocycles. The second-order valence-corrected chi connectivity index (χ2v) is 7.95. The van der Waals surface area contributed by atoms with Gasteiger partial charge in [-0.2, -0.15) is 0 Å². The van der Waals surface area contributed by atoms with E-state index < -0.39 is 0 Å². The van der Waals surface area contributed by atoms with Crippen LogP contribution in [-0.4, -0.2) is 18.5 Å². The molecule has 0 N–H and O–H groups in total. The third-order valence-electron chi connectivity index (χ3n) is 5.10. The Bertz CT molecular complexity index is 478. The van der Waals surface area contributed by atoms with Crippen LogP contribution in [0.15, 0.2) is 12.1 Å². The molecule has 110 valence electrons. The first kappa shape index (κ1) is 14.1. The Balaban J connectivity index is 2.12. The number of aryl methyl sites for hydroxylation is 1. The van der Waals surface area contributed by atoms with Gasteiger partial charge in [0.25, 0.3) is 0 Å². The van der Waals surface area contributed by atoms with E-state index in [0.29, 0.717) is 0 Å². The first-order valence-electron chi connectivity index (χ1n) is 8.30. The predicted molar refractivity (Wildman–Crippen MR) is 86.4 cm³/mol. The lowest BCUT2D eigenvalue weighted by Gasteiger charge is -2.36. The maximum atomic E-state index is 2.53. The van der Waals surface area contributed by atoms with Crippen LogP contribution < -0.4 is 0 Å². The molecule has 1 heterocycles. The zero-order chi connectivity index (χ0) is 14.3. The largest absolute Gasteiger partial charge is 0.301 e. The van der Waals surface area contributed by atoms with Gasteiger partial charge in [0.1, 0.15) is 0 Å². The molecule has 0 unspecified atom stereocenters. The number of likely N-dealkylation sites (N-methyl/N-ethyl adjacent to an activating group) is 1. The lowest BCUT2D eigenvalue weighted by Crippen LogP contribution is -2.32. The summed E-state index contributed by atoms with van der Waals surface area (Å²) in [4.78, 5) is 2.52. The first-order chi connectivity index (χ1) is 9.45. The Hall–Kier alpha value is -0.820. The number of hydrogen-bond acceptors (Lipinski definition) is 1. The van der Waals surface area contributed by atoms with Crippen molar-refractivity contribution in [2.45, 2.75) is 70.8 Å². The standard InChI is InChI=1S/C19H29N/c1-19(2,3)17-10-14-8-6-5-7-9-15-12-20(4)13-16(11-17)18(14)15/h10-11,15H,5-9,12-13H2,1-4H3/t15-/m0/s1. The van der Waals surface area contributed by atoms with Crippen molar-refractivity contribution in [3.05, 3.63) is 34.4 Å². The summed E-state index contributed by atoms with van der Waals surface area (Å²) in [6, 6.07) is 5.03. The lowest BCUT2D eigenvalue weighted by molar-refractivity contribution is 0.268. The van der Waals surface area contributed by atoms with Crippen molar-refractivity contribution in [1.29, 1.82) is 0 Å². The van der Waals surface area contributed by atoms with Gasteiger partial charge in [0, 0.05) is 13.1 Å². The van der Waals surface area contributed by atoms with E-state index in [0.717, 1.165) is 12.5 Å². The molecule has 1 aliphatic carbocycles. The van der Waals surface area contributed by atoms with Gasteiger partial charge in [-0.15, -0.1) is 0 Å². The first-order valence-corrected chi connectivity index (χ1v) is 8.30. The summed E-state index contributed by atoms with van der Waals surface area (Å²) in [6.45, 7) is 9.43. The van der Waals surface area contributed by atoms with Crippen molar-refractivity contribution in [2.75, 3.05) is 13.6 Å². The molecule has 1 aromatic rings. The summed E-state index contributed by atoms with van der Waals surface area (Å²) in [5.41, 5.74) is 6.81. The summed E-state index contributed by atoms with van der Waals surface area (Å²) < 4.78 is 0. The summed E-state index contributed by atoms with van der Waals surface area (Å²) >= 11 is 0. The molecule has 0 spiro atoms. The van der Waals surface area contributed by atoms with E-state index in [9.17, 15) is 0 Å². The van der Waals surface area contributed by atoms with Crippen molar-refractivity contribution in [2.24, 2.45) is 0 Å².